The van der Waals surface area contributed by atoms with E-state index in [0.717, 1.165) is 37.2 Å². The van der Waals surface area contributed by atoms with E-state index in [0.29, 0.717) is 40.8 Å². The summed E-state index contributed by atoms with van der Waals surface area (Å²) in [6.07, 6.45) is -1.88. The number of hydrogen-bond acceptors (Lipinski definition) is 4. The zero-order valence-electron chi connectivity index (χ0n) is 21.8. The molecule has 2 aromatic carbocycles. The zero-order chi connectivity index (χ0) is 28.1. The number of anilines is 1. The van der Waals surface area contributed by atoms with Gasteiger partial charge in [-0.15, -0.1) is 13.2 Å². The van der Waals surface area contributed by atoms with Crippen molar-refractivity contribution >= 4 is 28.7 Å². The van der Waals surface area contributed by atoms with Crippen molar-refractivity contribution in [3.05, 3.63) is 94.3 Å². The molecule has 2 aliphatic rings. The monoisotopic (exact) mass is 568 g/mol. The Morgan fingerprint density at radius 3 is 2.42 bits per heavy atom. The predicted molar refractivity (Wildman–Crippen MR) is 147 cm³/mol. The van der Waals surface area contributed by atoms with Gasteiger partial charge >= 0.3 is 6.36 Å². The molecule has 0 bridgehead atoms. The van der Waals surface area contributed by atoms with Crippen LogP contribution in [0, 0.1) is 5.41 Å². The number of ether oxygens (including phenoxy) is 1. The molecule has 2 fully saturated rings. The predicted octanol–water partition coefficient (Wildman–Crippen LogP) is 6.76. The van der Waals surface area contributed by atoms with E-state index in [2.05, 4.69) is 44.3 Å². The maximum atomic E-state index is 13.1. The smallest absolute Gasteiger partial charge is 0.406 e. The van der Waals surface area contributed by atoms with Gasteiger partial charge < -0.3 is 15.0 Å². The van der Waals surface area contributed by atoms with E-state index < -0.39 is 6.36 Å². The standard InChI is InChI=1S/C30H28ClF3N4O2/c1-2-24-27(25-4-3-5-26(31)38(25)36-24)28(39)35-16-19-6-8-20(9-7-19)21-14-29(15-21)17-37(18-29)22-10-12-23(13-11-22)40-30(32,33)34/h3-13,21H,2,14-18H2,1H3,(H,35,39). The number of nitrogens with zero attached hydrogens (tertiary/aromatic N) is 3. The van der Waals surface area contributed by atoms with Crippen molar-refractivity contribution in [1.82, 2.24) is 14.9 Å². The van der Waals surface area contributed by atoms with E-state index in [1.165, 1.54) is 17.7 Å². The minimum Gasteiger partial charge on any atom is -0.406 e. The van der Waals surface area contributed by atoms with Gasteiger partial charge in [0.15, 0.2) is 0 Å². The normalized spacial score (nSPS) is 16.6. The molecular weight excluding hydrogens is 541 g/mol. The molecule has 6 rings (SSSR count). The minimum absolute atomic E-state index is 0.170. The fourth-order valence-electron chi connectivity index (χ4n) is 6.04. The molecule has 0 atom stereocenters. The lowest BCUT2D eigenvalue weighted by Gasteiger charge is -2.60. The maximum absolute atomic E-state index is 13.1. The molecule has 40 heavy (non-hydrogen) atoms. The van der Waals surface area contributed by atoms with Gasteiger partial charge in [0.25, 0.3) is 5.91 Å². The van der Waals surface area contributed by atoms with Gasteiger partial charge in [-0.1, -0.05) is 48.9 Å². The maximum Gasteiger partial charge on any atom is 0.573 e. The lowest BCUT2D eigenvalue weighted by atomic mass is 9.56. The molecule has 1 N–H and O–H groups in total. The lowest BCUT2D eigenvalue weighted by Crippen LogP contribution is -2.61. The van der Waals surface area contributed by atoms with Crippen LogP contribution in [0.15, 0.2) is 66.7 Å². The topological polar surface area (TPSA) is 58.9 Å². The van der Waals surface area contributed by atoms with Crippen LogP contribution in [-0.2, 0) is 13.0 Å². The number of alkyl halides is 3. The molecule has 1 amide bonds. The summed E-state index contributed by atoms with van der Waals surface area (Å²) in [6, 6.07) is 19.9. The summed E-state index contributed by atoms with van der Waals surface area (Å²) in [7, 11) is 0. The van der Waals surface area contributed by atoms with E-state index in [9.17, 15) is 18.0 Å². The van der Waals surface area contributed by atoms with Gasteiger partial charge in [0.05, 0.1) is 16.8 Å². The Kier molecular flexibility index (Phi) is 6.65. The Balaban J connectivity index is 1.01. The summed E-state index contributed by atoms with van der Waals surface area (Å²) in [5.74, 6) is 0.115. The molecule has 1 aliphatic carbocycles. The second kappa shape index (κ2) is 10.0. The summed E-state index contributed by atoms with van der Waals surface area (Å²) < 4.78 is 42.7. The fraction of sp³-hybridized carbons (Fsp3) is 0.333. The lowest BCUT2D eigenvalue weighted by molar-refractivity contribution is -0.274. The number of amides is 1. The van der Waals surface area contributed by atoms with Gasteiger partial charge in [-0.25, -0.2) is 4.52 Å². The van der Waals surface area contributed by atoms with Crippen LogP contribution in [-0.4, -0.2) is 35.0 Å². The minimum atomic E-state index is -4.68. The number of pyridine rings is 1. The number of benzene rings is 2. The summed E-state index contributed by atoms with van der Waals surface area (Å²) in [6.45, 7) is 4.19. The van der Waals surface area contributed by atoms with Crippen LogP contribution < -0.4 is 15.0 Å². The third-order valence-corrected chi connectivity index (χ3v) is 8.28. The number of fused-ring (bicyclic) bond motifs is 1. The summed E-state index contributed by atoms with van der Waals surface area (Å²) >= 11 is 6.25. The van der Waals surface area contributed by atoms with Gasteiger partial charge in [0.2, 0.25) is 0 Å². The third kappa shape index (κ3) is 5.10. The molecule has 1 spiro atoms. The highest BCUT2D eigenvalue weighted by atomic mass is 35.5. The summed E-state index contributed by atoms with van der Waals surface area (Å²) in [5.41, 5.74) is 5.45. The van der Waals surface area contributed by atoms with Crippen LogP contribution in [0.2, 0.25) is 5.15 Å². The summed E-state index contributed by atoms with van der Waals surface area (Å²) in [4.78, 5) is 15.3. The molecule has 0 unspecified atom stereocenters. The van der Waals surface area contributed by atoms with Crippen LogP contribution in [0.3, 0.4) is 0 Å². The average Bonchev–Trinajstić information content (AvgIpc) is 3.26. The van der Waals surface area contributed by atoms with Crippen molar-refractivity contribution < 1.29 is 22.7 Å². The average molecular weight is 569 g/mol. The SMILES string of the molecule is CCc1nn2c(Cl)cccc2c1C(=O)NCc1ccc(C2CC3(C2)CN(c2ccc(OC(F)(F)F)cc2)C3)cc1. The van der Waals surface area contributed by atoms with E-state index in [1.54, 1.807) is 22.7 Å². The molecule has 1 saturated carbocycles. The zero-order valence-corrected chi connectivity index (χ0v) is 22.6. The molecule has 208 valence electrons. The number of rotatable bonds is 7. The van der Waals surface area contributed by atoms with Crippen LogP contribution in [0.5, 0.6) is 5.75 Å². The van der Waals surface area contributed by atoms with Crippen LogP contribution in [0.25, 0.3) is 5.52 Å². The van der Waals surface area contributed by atoms with Crippen molar-refractivity contribution in [2.75, 3.05) is 18.0 Å². The Morgan fingerprint density at radius 1 is 1.07 bits per heavy atom. The first-order chi connectivity index (χ1) is 19.1. The number of carbonyl (C=O) groups is 1. The number of halogens is 4. The molecule has 6 nitrogen and oxygen atoms in total. The van der Waals surface area contributed by atoms with Gasteiger partial charge in [0, 0.05) is 30.7 Å². The Morgan fingerprint density at radius 2 is 1.77 bits per heavy atom. The Labute approximate surface area is 234 Å². The number of nitrogens with one attached hydrogen (secondary N) is 1. The van der Waals surface area contributed by atoms with Crippen molar-refractivity contribution in [1.29, 1.82) is 0 Å². The molecule has 1 saturated heterocycles. The van der Waals surface area contributed by atoms with Crippen LogP contribution in [0.1, 0.15) is 52.9 Å². The molecule has 1 aliphatic heterocycles. The largest absolute Gasteiger partial charge is 0.573 e. The van der Waals surface area contributed by atoms with Gasteiger partial charge in [-0.05, 0) is 72.7 Å². The van der Waals surface area contributed by atoms with E-state index in [-0.39, 0.29) is 17.1 Å². The van der Waals surface area contributed by atoms with Gasteiger partial charge in [-0.2, -0.15) is 5.10 Å². The number of aromatic nitrogens is 2. The number of carbonyl (C=O) groups excluding carboxylic acids is 1. The molecule has 0 radical (unpaired) electrons. The molecule has 10 heteroatoms. The van der Waals surface area contributed by atoms with Crippen molar-refractivity contribution in [3.63, 3.8) is 0 Å². The highest BCUT2D eigenvalue weighted by molar-refractivity contribution is 6.29. The van der Waals surface area contributed by atoms with Crippen molar-refractivity contribution in [2.45, 2.75) is 45.0 Å². The second-order valence-electron chi connectivity index (χ2n) is 10.7. The highest BCUT2D eigenvalue weighted by Crippen LogP contribution is 2.56. The Hall–Kier alpha value is -3.72. The number of aryl methyl sites for hydroxylation is 1. The first-order valence-corrected chi connectivity index (χ1v) is 13.6. The Bertz CT molecular complexity index is 1540. The third-order valence-electron chi connectivity index (χ3n) is 8.00. The first kappa shape index (κ1) is 26.5. The molecular formula is C30H28ClF3N4O2. The van der Waals surface area contributed by atoms with Crippen molar-refractivity contribution in [3.8, 4) is 5.75 Å². The van der Waals surface area contributed by atoms with E-state index in [4.69, 9.17) is 11.6 Å². The number of hydrogen-bond donors (Lipinski definition) is 1. The van der Waals surface area contributed by atoms with Crippen LogP contribution in [0.4, 0.5) is 18.9 Å². The highest BCUT2D eigenvalue weighted by Gasteiger charge is 2.52. The van der Waals surface area contributed by atoms with Crippen molar-refractivity contribution in [2.24, 2.45) is 5.41 Å². The molecule has 3 heterocycles. The van der Waals surface area contributed by atoms with Gasteiger partial charge in [0.1, 0.15) is 10.9 Å². The van der Waals surface area contributed by atoms with E-state index >= 15 is 0 Å². The summed E-state index contributed by atoms with van der Waals surface area (Å²) in [5, 5.41) is 7.98. The van der Waals surface area contributed by atoms with Crippen LogP contribution >= 0.6 is 11.6 Å². The first-order valence-electron chi connectivity index (χ1n) is 13.3. The van der Waals surface area contributed by atoms with E-state index in [1.807, 2.05) is 19.1 Å². The quantitative estimate of drug-likeness (QED) is 0.250. The molecule has 4 aromatic rings. The van der Waals surface area contributed by atoms with Gasteiger partial charge in [-0.3, -0.25) is 4.79 Å². The fourth-order valence-corrected chi connectivity index (χ4v) is 6.24. The second-order valence-corrected chi connectivity index (χ2v) is 11.1. The molecule has 2 aromatic heterocycles.